The summed E-state index contributed by atoms with van der Waals surface area (Å²) in [4.78, 5) is 9.45. The van der Waals surface area contributed by atoms with Crippen LogP contribution in [0.3, 0.4) is 0 Å². The molecule has 2 fully saturated rings. The molecule has 1 aliphatic heterocycles. The number of hydrogen-bond donors (Lipinski definition) is 0. The number of rotatable bonds is 4. The van der Waals surface area contributed by atoms with E-state index in [9.17, 15) is 8.42 Å². The third-order valence-electron chi connectivity index (χ3n) is 6.37. The lowest BCUT2D eigenvalue weighted by Crippen LogP contribution is -3.00. The lowest BCUT2D eigenvalue weighted by Gasteiger charge is -2.35. The van der Waals surface area contributed by atoms with Crippen molar-refractivity contribution < 1.29 is 32.4 Å². The fraction of sp³-hybridized carbons (Fsp3) is 0.478. The third kappa shape index (κ3) is 4.28. The van der Waals surface area contributed by atoms with Gasteiger partial charge in [0, 0.05) is 63.8 Å². The molecule has 2 aliphatic rings. The van der Waals surface area contributed by atoms with E-state index in [2.05, 4.69) is 62.0 Å². The Labute approximate surface area is 211 Å². The van der Waals surface area contributed by atoms with E-state index in [0.29, 0.717) is 13.1 Å². The zero-order valence-corrected chi connectivity index (χ0v) is 22.7. The molecule has 9 heteroatoms. The third-order valence-corrected chi connectivity index (χ3v) is 9.83. The average molecular weight is 585 g/mol. The molecule has 1 saturated carbocycles. The van der Waals surface area contributed by atoms with Gasteiger partial charge < -0.3 is 33.8 Å². The van der Waals surface area contributed by atoms with Crippen LogP contribution in [0.25, 0.3) is 20.4 Å². The number of aromatic nitrogens is 1. The standard InChI is InChI=1S/C23H29N4O2S2.HI/c1-15-11-17(25(3)4)13-20-22(15)24-23-16(2)12-18(14-21(23)30-20)26-7-9-27(10-8-26)31(28,29)19-5-6-19;/h11-14,19H,5-10H2,1-4H3;1H/q+1;/p-1. The maximum absolute atomic E-state index is 12.5. The molecule has 1 aromatic heterocycles. The number of nitrogens with zero attached hydrogens (tertiary/aromatic N) is 4. The Morgan fingerprint density at radius 1 is 0.938 bits per heavy atom. The number of piperazine rings is 1. The number of fused-ring (bicyclic) bond motifs is 2. The smallest absolute Gasteiger partial charge is 0.259 e. The Bertz CT molecular complexity index is 1280. The second-order valence-corrected chi connectivity index (χ2v) is 12.3. The van der Waals surface area contributed by atoms with Crippen molar-refractivity contribution in [3.05, 3.63) is 35.4 Å². The molecule has 0 N–H and O–H groups in total. The molecular formula is C23H29IN4O2S2. The largest absolute Gasteiger partial charge is 1.00 e. The van der Waals surface area contributed by atoms with Gasteiger partial charge in [-0.05, 0) is 49.9 Å². The minimum absolute atomic E-state index is 0. The maximum Gasteiger partial charge on any atom is 0.259 e. The van der Waals surface area contributed by atoms with Crippen molar-refractivity contribution in [3.8, 4) is 0 Å². The highest BCUT2D eigenvalue weighted by Crippen LogP contribution is 2.36. The van der Waals surface area contributed by atoms with Crippen molar-refractivity contribution in [2.75, 3.05) is 50.1 Å². The second kappa shape index (κ2) is 8.81. The molecule has 3 aromatic rings. The van der Waals surface area contributed by atoms with E-state index in [4.69, 9.17) is 4.98 Å². The van der Waals surface area contributed by atoms with Crippen LogP contribution in [0.4, 0.5) is 11.4 Å². The highest BCUT2D eigenvalue weighted by molar-refractivity contribution is 7.90. The summed E-state index contributed by atoms with van der Waals surface area (Å²) in [6.45, 7) is 6.84. The topological polar surface area (TPSA) is 56.8 Å². The van der Waals surface area contributed by atoms with Gasteiger partial charge >= 0.3 is 0 Å². The summed E-state index contributed by atoms with van der Waals surface area (Å²) in [5.41, 5.74) is 6.81. The first-order valence-corrected chi connectivity index (χ1v) is 13.2. The molecule has 0 unspecified atom stereocenters. The van der Waals surface area contributed by atoms with Crippen LogP contribution in [0.1, 0.15) is 24.0 Å². The number of anilines is 2. The molecule has 32 heavy (non-hydrogen) atoms. The van der Waals surface area contributed by atoms with Gasteiger partial charge in [0.05, 0.1) is 5.25 Å². The Balaban J connectivity index is 0.00000245. The molecule has 5 rings (SSSR count). The maximum atomic E-state index is 12.5. The molecular weight excluding hydrogens is 555 g/mol. The molecule has 0 amide bonds. The Morgan fingerprint density at radius 3 is 2.12 bits per heavy atom. The summed E-state index contributed by atoms with van der Waals surface area (Å²) in [6, 6.07) is 8.82. The van der Waals surface area contributed by atoms with Crippen LogP contribution in [0.2, 0.25) is 0 Å². The van der Waals surface area contributed by atoms with E-state index in [1.807, 2.05) is 0 Å². The normalized spacial score (nSPS) is 17.6. The molecule has 2 aromatic carbocycles. The van der Waals surface area contributed by atoms with Crippen LogP contribution in [0, 0.1) is 13.8 Å². The van der Waals surface area contributed by atoms with Crippen LogP contribution in [0.5, 0.6) is 0 Å². The van der Waals surface area contributed by atoms with Crippen LogP contribution >= 0.6 is 11.3 Å². The SMILES string of the molecule is Cc1cc(N(C)C)cc2[s+]c3cc(N4CCN(S(=O)(=O)C5CC5)CC4)cc(C)c3nc12.[I-]. The first kappa shape index (κ1) is 23.8. The number of benzene rings is 2. The van der Waals surface area contributed by atoms with E-state index in [1.54, 1.807) is 15.6 Å². The molecule has 0 spiro atoms. The predicted molar refractivity (Wildman–Crippen MR) is 131 cm³/mol. The van der Waals surface area contributed by atoms with Gasteiger partial charge in [-0.15, -0.1) is 0 Å². The number of halogens is 1. The fourth-order valence-electron chi connectivity index (χ4n) is 4.35. The molecule has 1 aliphatic carbocycles. The molecule has 1 saturated heterocycles. The Kier molecular flexibility index (Phi) is 6.56. The average Bonchev–Trinajstić information content (AvgIpc) is 3.58. The summed E-state index contributed by atoms with van der Waals surface area (Å²) in [5.74, 6) is 0. The number of hydrogen-bond acceptors (Lipinski definition) is 5. The van der Waals surface area contributed by atoms with Gasteiger partial charge in [0.15, 0.2) is 0 Å². The highest BCUT2D eigenvalue weighted by atomic mass is 127. The van der Waals surface area contributed by atoms with Crippen LogP contribution in [-0.4, -0.2) is 63.2 Å². The van der Waals surface area contributed by atoms with Gasteiger partial charge in [0.1, 0.15) is 11.0 Å². The van der Waals surface area contributed by atoms with Gasteiger partial charge in [0.2, 0.25) is 21.4 Å². The lowest BCUT2D eigenvalue weighted by atomic mass is 10.1. The summed E-state index contributed by atoms with van der Waals surface area (Å²) >= 11 is 1.78. The summed E-state index contributed by atoms with van der Waals surface area (Å²) in [7, 11) is 1.04. The minimum atomic E-state index is -3.08. The Morgan fingerprint density at radius 2 is 1.53 bits per heavy atom. The summed E-state index contributed by atoms with van der Waals surface area (Å²) < 4.78 is 29.1. The summed E-state index contributed by atoms with van der Waals surface area (Å²) in [6.07, 6.45) is 1.65. The van der Waals surface area contributed by atoms with Crippen molar-refractivity contribution >= 4 is 53.2 Å². The molecule has 2 heterocycles. The molecule has 0 radical (unpaired) electrons. The van der Waals surface area contributed by atoms with Crippen molar-refractivity contribution in [2.45, 2.75) is 31.9 Å². The lowest BCUT2D eigenvalue weighted by molar-refractivity contribution is -0.00000882. The van der Waals surface area contributed by atoms with Crippen LogP contribution < -0.4 is 33.8 Å². The Hall–Kier alpha value is -1.30. The van der Waals surface area contributed by atoms with Crippen LogP contribution in [0.15, 0.2) is 24.3 Å². The van der Waals surface area contributed by atoms with Gasteiger partial charge in [-0.2, -0.15) is 4.31 Å². The zero-order valence-electron chi connectivity index (χ0n) is 18.9. The monoisotopic (exact) mass is 584 g/mol. The van der Waals surface area contributed by atoms with E-state index in [-0.39, 0.29) is 29.2 Å². The number of aryl methyl sites for hydroxylation is 2. The first-order chi connectivity index (χ1) is 14.7. The van der Waals surface area contributed by atoms with Crippen molar-refractivity contribution in [1.29, 1.82) is 0 Å². The van der Waals surface area contributed by atoms with E-state index >= 15 is 0 Å². The van der Waals surface area contributed by atoms with E-state index < -0.39 is 10.0 Å². The van der Waals surface area contributed by atoms with Gasteiger partial charge in [-0.1, -0.05) is 0 Å². The highest BCUT2D eigenvalue weighted by Gasteiger charge is 2.41. The quantitative estimate of drug-likeness (QED) is 0.261. The number of sulfonamides is 1. The van der Waals surface area contributed by atoms with Gasteiger partial charge in [0.25, 0.3) is 9.40 Å². The van der Waals surface area contributed by atoms with Crippen molar-refractivity contribution in [3.63, 3.8) is 0 Å². The van der Waals surface area contributed by atoms with Crippen LogP contribution in [-0.2, 0) is 10.0 Å². The molecule has 0 bridgehead atoms. The molecule has 172 valence electrons. The predicted octanol–water partition coefficient (Wildman–Crippen LogP) is 1.03. The van der Waals surface area contributed by atoms with E-state index in [0.717, 1.165) is 48.2 Å². The van der Waals surface area contributed by atoms with Crippen molar-refractivity contribution in [1.82, 2.24) is 9.29 Å². The second-order valence-electron chi connectivity index (χ2n) is 8.96. The molecule has 6 nitrogen and oxygen atoms in total. The first-order valence-electron chi connectivity index (χ1n) is 10.8. The zero-order chi connectivity index (χ0) is 21.9. The fourth-order valence-corrected chi connectivity index (χ4v) is 7.38. The van der Waals surface area contributed by atoms with Gasteiger partial charge in [-0.25, -0.2) is 13.4 Å². The summed E-state index contributed by atoms with van der Waals surface area (Å²) in [5, 5.41) is -0.126. The van der Waals surface area contributed by atoms with Crippen molar-refractivity contribution in [2.24, 2.45) is 0 Å². The molecule has 0 atom stereocenters. The van der Waals surface area contributed by atoms with Gasteiger partial charge in [-0.3, -0.25) is 0 Å². The minimum Gasteiger partial charge on any atom is -1.00 e. The van der Waals surface area contributed by atoms with E-state index in [1.165, 1.54) is 20.7 Å².